The lowest BCUT2D eigenvalue weighted by molar-refractivity contribution is 0.240. The van der Waals surface area contributed by atoms with E-state index in [0.29, 0.717) is 5.02 Å². The summed E-state index contributed by atoms with van der Waals surface area (Å²) in [5.74, 6) is -0.432. The van der Waals surface area contributed by atoms with Crippen LogP contribution in [0.2, 0.25) is 5.02 Å². The van der Waals surface area contributed by atoms with E-state index in [1.54, 1.807) is 24.3 Å². The number of aliphatic hydroxyl groups is 1. The van der Waals surface area contributed by atoms with Gasteiger partial charge in [-0.2, -0.15) is 0 Å². The van der Waals surface area contributed by atoms with E-state index in [0.717, 1.165) is 11.6 Å². The Bertz CT molecular complexity index is 673. The quantitative estimate of drug-likeness (QED) is 0.905. The largest absolute Gasteiger partial charge is 0.502 e. The average Bonchev–Trinajstić information content (AvgIpc) is 2.42. The Morgan fingerprint density at radius 2 is 2.00 bits per heavy atom. The van der Waals surface area contributed by atoms with Crippen LogP contribution in [-0.4, -0.2) is 10.2 Å². The molecule has 0 fully saturated rings. The molecule has 0 saturated carbocycles. The van der Waals surface area contributed by atoms with E-state index in [4.69, 9.17) is 21.1 Å². The van der Waals surface area contributed by atoms with Gasteiger partial charge in [-0.15, -0.1) is 0 Å². The Morgan fingerprint density at radius 3 is 2.68 bits per heavy atom. The molecule has 0 saturated heterocycles. The molecule has 98 valence electrons. The van der Waals surface area contributed by atoms with Crippen molar-refractivity contribution in [2.24, 2.45) is 0 Å². The predicted octanol–water partition coefficient (Wildman–Crippen LogP) is 2.66. The van der Waals surface area contributed by atoms with Crippen molar-refractivity contribution in [3.8, 4) is 5.75 Å². The molecule has 5 heteroatoms. The van der Waals surface area contributed by atoms with Gasteiger partial charge in [-0.25, -0.2) is 0 Å². The van der Waals surface area contributed by atoms with E-state index in [9.17, 15) is 9.90 Å². The summed E-state index contributed by atoms with van der Waals surface area (Å²) in [6.45, 7) is -0.414. The van der Waals surface area contributed by atoms with Crippen molar-refractivity contribution in [2.75, 3.05) is 0 Å². The standard InChI is InChI=1S/C14H11ClO4/c15-11-4-2-1-3-9(11)5-6-13-14(18)12(17)7-10(8-16)19-13/h1-7,16,18H,8H2/b6-5+. The minimum Gasteiger partial charge on any atom is -0.502 e. The lowest BCUT2D eigenvalue weighted by Gasteiger charge is -2.01. The van der Waals surface area contributed by atoms with Crippen LogP contribution < -0.4 is 5.43 Å². The van der Waals surface area contributed by atoms with Gasteiger partial charge in [0.1, 0.15) is 12.4 Å². The van der Waals surface area contributed by atoms with Crippen LogP contribution in [0.15, 0.2) is 39.5 Å². The molecule has 0 radical (unpaired) electrons. The minimum atomic E-state index is -0.603. The first-order valence-corrected chi connectivity index (χ1v) is 5.89. The molecule has 2 N–H and O–H groups in total. The molecule has 0 amide bonds. The number of aliphatic hydroxyl groups excluding tert-OH is 1. The zero-order valence-corrected chi connectivity index (χ0v) is 10.6. The summed E-state index contributed by atoms with van der Waals surface area (Å²) >= 11 is 5.97. The summed E-state index contributed by atoms with van der Waals surface area (Å²) in [4.78, 5) is 11.4. The average molecular weight is 279 g/mol. The summed E-state index contributed by atoms with van der Waals surface area (Å²) in [5.41, 5.74) is 0.120. The third-order valence-electron chi connectivity index (χ3n) is 2.48. The lowest BCUT2D eigenvalue weighted by Crippen LogP contribution is -2.02. The molecule has 0 bridgehead atoms. The number of benzene rings is 1. The van der Waals surface area contributed by atoms with Crippen molar-refractivity contribution in [1.29, 1.82) is 0 Å². The smallest absolute Gasteiger partial charge is 0.227 e. The normalized spacial score (nSPS) is 11.1. The van der Waals surface area contributed by atoms with E-state index >= 15 is 0 Å². The molecule has 0 aliphatic rings. The molecule has 0 unspecified atom stereocenters. The molecule has 1 aromatic heterocycles. The van der Waals surface area contributed by atoms with Gasteiger partial charge in [0.05, 0.1) is 0 Å². The van der Waals surface area contributed by atoms with Crippen LogP contribution in [0.3, 0.4) is 0 Å². The predicted molar refractivity (Wildman–Crippen MR) is 72.9 cm³/mol. The first-order chi connectivity index (χ1) is 9.11. The summed E-state index contributed by atoms with van der Waals surface area (Å²) in [5, 5.41) is 19.1. The van der Waals surface area contributed by atoms with E-state index in [-0.39, 0.29) is 11.5 Å². The Balaban J connectivity index is 2.41. The highest BCUT2D eigenvalue weighted by Crippen LogP contribution is 2.21. The Labute approximate surface area is 114 Å². The monoisotopic (exact) mass is 278 g/mol. The highest BCUT2D eigenvalue weighted by Gasteiger charge is 2.08. The van der Waals surface area contributed by atoms with Crippen molar-refractivity contribution >= 4 is 23.8 Å². The second-order valence-electron chi connectivity index (χ2n) is 3.80. The number of halogens is 1. The van der Waals surface area contributed by atoms with Crippen molar-refractivity contribution < 1.29 is 14.6 Å². The van der Waals surface area contributed by atoms with E-state index in [1.165, 1.54) is 6.08 Å². The molecule has 0 atom stereocenters. The summed E-state index contributed by atoms with van der Waals surface area (Å²) < 4.78 is 5.17. The molecule has 19 heavy (non-hydrogen) atoms. The fraction of sp³-hybridized carbons (Fsp3) is 0.0714. The van der Waals surface area contributed by atoms with Gasteiger partial charge < -0.3 is 14.6 Å². The summed E-state index contributed by atoms with van der Waals surface area (Å²) in [7, 11) is 0. The second kappa shape index (κ2) is 5.73. The molecule has 1 aromatic carbocycles. The maximum atomic E-state index is 11.4. The van der Waals surface area contributed by atoms with Crippen molar-refractivity contribution in [3.05, 3.63) is 62.7 Å². The molecular formula is C14H11ClO4. The second-order valence-corrected chi connectivity index (χ2v) is 4.21. The number of hydrogen-bond donors (Lipinski definition) is 2. The molecule has 2 rings (SSSR count). The van der Waals surface area contributed by atoms with Crippen molar-refractivity contribution in [2.45, 2.75) is 6.61 Å². The number of hydrogen-bond acceptors (Lipinski definition) is 4. The van der Waals surface area contributed by atoms with Crippen LogP contribution >= 0.6 is 11.6 Å². The highest BCUT2D eigenvalue weighted by atomic mass is 35.5. The molecular weight excluding hydrogens is 268 g/mol. The van der Waals surface area contributed by atoms with E-state index < -0.39 is 17.8 Å². The zero-order chi connectivity index (χ0) is 13.8. The maximum Gasteiger partial charge on any atom is 0.227 e. The van der Waals surface area contributed by atoms with Crippen LogP contribution in [0, 0.1) is 0 Å². The van der Waals surface area contributed by atoms with Crippen LogP contribution in [0.5, 0.6) is 5.75 Å². The van der Waals surface area contributed by atoms with Crippen molar-refractivity contribution in [1.82, 2.24) is 0 Å². The number of aromatic hydroxyl groups is 1. The SMILES string of the molecule is O=c1cc(CO)oc(/C=C/c2ccccc2Cl)c1O. The van der Waals surface area contributed by atoms with Gasteiger partial charge in [0.2, 0.25) is 11.2 Å². The zero-order valence-electron chi connectivity index (χ0n) is 9.84. The third kappa shape index (κ3) is 3.05. The molecule has 4 nitrogen and oxygen atoms in total. The maximum absolute atomic E-state index is 11.4. The highest BCUT2D eigenvalue weighted by molar-refractivity contribution is 6.32. The topological polar surface area (TPSA) is 70.7 Å². The molecule has 0 spiro atoms. The van der Waals surface area contributed by atoms with Crippen molar-refractivity contribution in [3.63, 3.8) is 0 Å². The van der Waals surface area contributed by atoms with E-state index in [1.807, 2.05) is 6.07 Å². The van der Waals surface area contributed by atoms with Crippen LogP contribution in [0.25, 0.3) is 12.2 Å². The van der Waals surface area contributed by atoms with Gasteiger partial charge in [-0.05, 0) is 23.8 Å². The number of rotatable bonds is 3. The first kappa shape index (κ1) is 13.4. The fourth-order valence-electron chi connectivity index (χ4n) is 1.52. The van der Waals surface area contributed by atoms with Gasteiger partial charge in [-0.3, -0.25) is 4.79 Å². The summed E-state index contributed by atoms with van der Waals surface area (Å²) in [6.07, 6.45) is 3.04. The molecule has 0 aliphatic heterocycles. The first-order valence-electron chi connectivity index (χ1n) is 5.51. The van der Waals surface area contributed by atoms with Gasteiger partial charge in [0, 0.05) is 11.1 Å². The van der Waals surface area contributed by atoms with Gasteiger partial charge in [0.25, 0.3) is 0 Å². The Kier molecular flexibility index (Phi) is 4.04. The minimum absolute atomic E-state index is 0.0172. The molecule has 0 aliphatic carbocycles. The van der Waals surface area contributed by atoms with Gasteiger partial charge >= 0.3 is 0 Å². The van der Waals surface area contributed by atoms with E-state index in [2.05, 4.69) is 0 Å². The fourth-order valence-corrected chi connectivity index (χ4v) is 1.72. The molecule has 2 aromatic rings. The van der Waals surface area contributed by atoms with Crippen LogP contribution in [0.4, 0.5) is 0 Å². The van der Waals surface area contributed by atoms with Gasteiger partial charge in [0.15, 0.2) is 5.76 Å². The van der Waals surface area contributed by atoms with Crippen LogP contribution in [-0.2, 0) is 6.61 Å². The third-order valence-corrected chi connectivity index (χ3v) is 2.82. The summed E-state index contributed by atoms with van der Waals surface area (Å²) in [6, 6.07) is 8.16. The lowest BCUT2D eigenvalue weighted by atomic mass is 10.2. The van der Waals surface area contributed by atoms with Gasteiger partial charge in [-0.1, -0.05) is 29.8 Å². The Morgan fingerprint density at radius 1 is 1.26 bits per heavy atom. The molecule has 1 heterocycles. The van der Waals surface area contributed by atoms with Crippen LogP contribution in [0.1, 0.15) is 17.1 Å². The Hall–Kier alpha value is -2.04.